The monoisotopic (exact) mass is 374 g/mol. The SMILES string of the molecule is Brc1cccc(N(c2ccccc2)c2cncc3ccccc23)c1. The maximum absolute atomic E-state index is 4.45. The first-order chi connectivity index (χ1) is 11.8. The Kier molecular flexibility index (Phi) is 4.01. The van der Waals surface area contributed by atoms with Gasteiger partial charge in [-0.1, -0.05) is 64.5 Å². The molecule has 24 heavy (non-hydrogen) atoms. The van der Waals surface area contributed by atoms with Crippen LogP contribution in [-0.2, 0) is 0 Å². The predicted molar refractivity (Wildman–Crippen MR) is 104 cm³/mol. The van der Waals surface area contributed by atoms with Crippen molar-refractivity contribution in [1.29, 1.82) is 0 Å². The Labute approximate surface area is 149 Å². The summed E-state index contributed by atoms with van der Waals surface area (Å²) in [6.07, 6.45) is 3.83. The first-order valence-electron chi connectivity index (χ1n) is 7.76. The number of aromatic nitrogens is 1. The van der Waals surface area contributed by atoms with E-state index in [9.17, 15) is 0 Å². The summed E-state index contributed by atoms with van der Waals surface area (Å²) in [5, 5.41) is 2.31. The van der Waals surface area contributed by atoms with Gasteiger partial charge in [0.05, 0.1) is 11.9 Å². The molecule has 0 unspecified atom stereocenters. The fourth-order valence-electron chi connectivity index (χ4n) is 2.90. The minimum atomic E-state index is 1.05. The number of pyridine rings is 1. The molecule has 0 amide bonds. The van der Waals surface area contributed by atoms with E-state index in [1.54, 1.807) is 0 Å². The molecule has 0 atom stereocenters. The number of fused-ring (bicyclic) bond motifs is 1. The lowest BCUT2D eigenvalue weighted by Gasteiger charge is -2.26. The summed E-state index contributed by atoms with van der Waals surface area (Å²) >= 11 is 3.58. The Bertz CT molecular complexity index is 978. The standard InChI is InChI=1S/C21H15BrN2/c22-17-8-6-11-19(13-17)24(18-9-2-1-3-10-18)21-15-23-14-16-7-4-5-12-20(16)21/h1-15H. The van der Waals surface area contributed by atoms with Gasteiger partial charge in [-0.2, -0.15) is 0 Å². The zero-order valence-corrected chi connectivity index (χ0v) is 14.5. The van der Waals surface area contributed by atoms with E-state index in [1.165, 1.54) is 5.39 Å². The number of para-hydroxylation sites is 1. The first kappa shape index (κ1) is 14.9. The maximum atomic E-state index is 4.45. The van der Waals surface area contributed by atoms with Crippen LogP contribution in [0.15, 0.2) is 95.7 Å². The van der Waals surface area contributed by atoms with Gasteiger partial charge in [0.1, 0.15) is 0 Å². The second kappa shape index (κ2) is 6.46. The van der Waals surface area contributed by atoms with Gasteiger partial charge < -0.3 is 4.90 Å². The molecule has 1 aromatic heterocycles. The highest BCUT2D eigenvalue weighted by Crippen LogP contribution is 2.38. The molecule has 4 aromatic rings. The summed E-state index contributed by atoms with van der Waals surface area (Å²) in [7, 11) is 0. The zero-order chi connectivity index (χ0) is 16.4. The van der Waals surface area contributed by atoms with Crippen molar-refractivity contribution in [3.8, 4) is 0 Å². The summed E-state index contributed by atoms with van der Waals surface area (Å²) in [6.45, 7) is 0. The van der Waals surface area contributed by atoms with E-state index in [1.807, 2.05) is 36.7 Å². The van der Waals surface area contributed by atoms with Gasteiger partial charge >= 0.3 is 0 Å². The third kappa shape index (κ3) is 2.79. The molecule has 0 fully saturated rings. The average Bonchev–Trinajstić information content (AvgIpc) is 2.63. The number of benzene rings is 3. The molecule has 0 saturated carbocycles. The molecule has 0 N–H and O–H groups in total. The smallest absolute Gasteiger partial charge is 0.0723 e. The van der Waals surface area contributed by atoms with E-state index in [4.69, 9.17) is 0 Å². The molecule has 4 rings (SSSR count). The molecule has 1 heterocycles. The minimum Gasteiger partial charge on any atom is -0.308 e. The van der Waals surface area contributed by atoms with Crippen molar-refractivity contribution >= 4 is 43.8 Å². The van der Waals surface area contributed by atoms with Crippen molar-refractivity contribution in [1.82, 2.24) is 4.98 Å². The molecular formula is C21H15BrN2. The van der Waals surface area contributed by atoms with Gasteiger partial charge in [-0.05, 0) is 30.3 Å². The van der Waals surface area contributed by atoms with Gasteiger partial charge in [0, 0.05) is 32.8 Å². The van der Waals surface area contributed by atoms with Gasteiger partial charge in [0.2, 0.25) is 0 Å². The molecule has 0 aliphatic rings. The van der Waals surface area contributed by atoms with Crippen LogP contribution in [0.4, 0.5) is 17.1 Å². The Morgan fingerprint density at radius 1 is 0.708 bits per heavy atom. The second-order valence-corrected chi connectivity index (χ2v) is 6.45. The van der Waals surface area contributed by atoms with Crippen molar-refractivity contribution in [3.05, 3.63) is 95.7 Å². The molecule has 0 spiro atoms. The molecule has 0 saturated heterocycles. The van der Waals surface area contributed by atoms with Gasteiger partial charge in [0.15, 0.2) is 0 Å². The highest BCUT2D eigenvalue weighted by Gasteiger charge is 2.15. The van der Waals surface area contributed by atoms with Crippen molar-refractivity contribution in [2.24, 2.45) is 0 Å². The van der Waals surface area contributed by atoms with Crippen LogP contribution in [-0.4, -0.2) is 4.98 Å². The number of hydrogen-bond acceptors (Lipinski definition) is 2. The highest BCUT2D eigenvalue weighted by atomic mass is 79.9. The fourth-order valence-corrected chi connectivity index (χ4v) is 3.29. The van der Waals surface area contributed by atoms with E-state index in [2.05, 4.69) is 80.4 Å². The van der Waals surface area contributed by atoms with E-state index in [0.717, 1.165) is 26.9 Å². The molecule has 116 valence electrons. The second-order valence-electron chi connectivity index (χ2n) is 5.53. The quantitative estimate of drug-likeness (QED) is 0.408. The Balaban J connectivity index is 1.99. The van der Waals surface area contributed by atoms with Crippen molar-refractivity contribution in [3.63, 3.8) is 0 Å². The first-order valence-corrected chi connectivity index (χ1v) is 8.56. The van der Waals surface area contributed by atoms with E-state index in [-0.39, 0.29) is 0 Å². The molecule has 0 bridgehead atoms. The summed E-state index contributed by atoms with van der Waals surface area (Å²) in [4.78, 5) is 6.69. The lowest BCUT2D eigenvalue weighted by molar-refractivity contribution is 1.25. The largest absolute Gasteiger partial charge is 0.308 e. The minimum absolute atomic E-state index is 1.05. The van der Waals surface area contributed by atoms with Crippen LogP contribution in [0.3, 0.4) is 0 Å². The average molecular weight is 375 g/mol. The maximum Gasteiger partial charge on any atom is 0.0723 e. The fraction of sp³-hybridized carbons (Fsp3) is 0. The van der Waals surface area contributed by atoms with Crippen LogP contribution >= 0.6 is 15.9 Å². The van der Waals surface area contributed by atoms with Crippen LogP contribution in [0, 0.1) is 0 Å². The van der Waals surface area contributed by atoms with Crippen molar-refractivity contribution < 1.29 is 0 Å². The van der Waals surface area contributed by atoms with E-state index < -0.39 is 0 Å². The predicted octanol–water partition coefficient (Wildman–Crippen LogP) is 6.47. The molecule has 0 aliphatic carbocycles. The van der Waals surface area contributed by atoms with Crippen LogP contribution in [0.5, 0.6) is 0 Å². The van der Waals surface area contributed by atoms with Gasteiger partial charge in [-0.25, -0.2) is 0 Å². The van der Waals surface area contributed by atoms with Crippen LogP contribution in [0.2, 0.25) is 0 Å². The lowest BCUT2D eigenvalue weighted by Crippen LogP contribution is -2.10. The Morgan fingerprint density at radius 3 is 2.29 bits per heavy atom. The van der Waals surface area contributed by atoms with Gasteiger partial charge in [-0.3, -0.25) is 4.98 Å². The number of anilines is 3. The summed E-state index contributed by atoms with van der Waals surface area (Å²) < 4.78 is 1.05. The molecule has 3 aromatic carbocycles. The van der Waals surface area contributed by atoms with Crippen molar-refractivity contribution in [2.75, 3.05) is 4.90 Å². The van der Waals surface area contributed by atoms with Gasteiger partial charge in [-0.15, -0.1) is 0 Å². The molecule has 0 radical (unpaired) electrons. The molecule has 0 aliphatic heterocycles. The number of hydrogen-bond donors (Lipinski definition) is 0. The topological polar surface area (TPSA) is 16.1 Å². The third-order valence-electron chi connectivity index (χ3n) is 3.97. The van der Waals surface area contributed by atoms with Crippen LogP contribution in [0.1, 0.15) is 0 Å². The van der Waals surface area contributed by atoms with Crippen LogP contribution < -0.4 is 4.90 Å². The lowest BCUT2D eigenvalue weighted by atomic mass is 10.1. The zero-order valence-electron chi connectivity index (χ0n) is 12.9. The number of nitrogens with zero attached hydrogens (tertiary/aromatic N) is 2. The van der Waals surface area contributed by atoms with E-state index in [0.29, 0.717) is 0 Å². The van der Waals surface area contributed by atoms with Crippen molar-refractivity contribution in [2.45, 2.75) is 0 Å². The summed E-state index contributed by atoms with van der Waals surface area (Å²) in [5.74, 6) is 0. The summed E-state index contributed by atoms with van der Waals surface area (Å²) in [6, 6.07) is 27.0. The summed E-state index contributed by atoms with van der Waals surface area (Å²) in [5.41, 5.74) is 3.26. The highest BCUT2D eigenvalue weighted by molar-refractivity contribution is 9.10. The number of rotatable bonds is 3. The Morgan fingerprint density at radius 2 is 1.46 bits per heavy atom. The van der Waals surface area contributed by atoms with Gasteiger partial charge in [0.25, 0.3) is 0 Å². The molecule has 2 nitrogen and oxygen atoms in total. The van der Waals surface area contributed by atoms with Crippen LogP contribution in [0.25, 0.3) is 10.8 Å². The normalized spacial score (nSPS) is 10.7. The molecule has 3 heteroatoms. The van der Waals surface area contributed by atoms with E-state index >= 15 is 0 Å². The third-order valence-corrected chi connectivity index (χ3v) is 4.46. The molecular weight excluding hydrogens is 360 g/mol. The Hall–Kier alpha value is -2.65. The number of halogens is 1.